The van der Waals surface area contributed by atoms with E-state index in [-0.39, 0.29) is 18.7 Å². The third-order valence-electron chi connectivity index (χ3n) is 3.56. The minimum absolute atomic E-state index is 0.0466. The number of nitrogens with one attached hydrogen (secondary N) is 1. The summed E-state index contributed by atoms with van der Waals surface area (Å²) < 4.78 is 5.41. The normalized spacial score (nSPS) is 14.4. The molecule has 102 valence electrons. The fourth-order valence-electron chi connectivity index (χ4n) is 2.43. The molecule has 4 N–H and O–H groups in total. The van der Waals surface area contributed by atoms with E-state index < -0.39 is 0 Å². The van der Waals surface area contributed by atoms with Crippen molar-refractivity contribution in [3.8, 4) is 5.75 Å². The van der Waals surface area contributed by atoms with Crippen LogP contribution in [0.5, 0.6) is 5.75 Å². The lowest BCUT2D eigenvalue weighted by Crippen LogP contribution is -2.39. The van der Waals surface area contributed by atoms with Gasteiger partial charge in [-0.3, -0.25) is 0 Å². The van der Waals surface area contributed by atoms with Crippen molar-refractivity contribution < 1.29 is 9.84 Å². The average Bonchev–Trinajstić information content (AvgIpc) is 2.36. The lowest BCUT2D eigenvalue weighted by atomic mass is 9.91. The van der Waals surface area contributed by atoms with E-state index >= 15 is 0 Å². The van der Waals surface area contributed by atoms with Crippen molar-refractivity contribution >= 4 is 0 Å². The molecule has 0 amide bonds. The Bertz CT molecular complexity index is 419. The van der Waals surface area contributed by atoms with E-state index in [4.69, 9.17) is 10.5 Å². The van der Waals surface area contributed by atoms with Gasteiger partial charge in [-0.15, -0.1) is 0 Å². The Morgan fingerprint density at radius 2 is 1.94 bits per heavy atom. The third-order valence-corrected chi connectivity index (χ3v) is 3.56. The highest BCUT2D eigenvalue weighted by molar-refractivity contribution is 5.50. The molecule has 2 unspecified atom stereocenters. The molecular formula is C14H24N2O2. The number of aryl methyl sites for hydroxylation is 1. The van der Waals surface area contributed by atoms with Crippen LogP contribution in [0, 0.1) is 20.8 Å². The minimum atomic E-state index is -0.319. The number of likely N-dealkylation sites (N-methyl/N-ethyl adjacent to an activating group) is 1. The summed E-state index contributed by atoms with van der Waals surface area (Å²) in [7, 11) is 3.54. The van der Waals surface area contributed by atoms with Crippen molar-refractivity contribution in [2.45, 2.75) is 32.9 Å². The van der Waals surface area contributed by atoms with Crippen LogP contribution in [-0.2, 0) is 0 Å². The molecule has 0 radical (unpaired) electrons. The Kier molecular flexibility index (Phi) is 5.14. The van der Waals surface area contributed by atoms with Gasteiger partial charge in [-0.1, -0.05) is 6.07 Å². The molecule has 1 aromatic rings. The van der Waals surface area contributed by atoms with E-state index in [1.807, 2.05) is 20.9 Å². The van der Waals surface area contributed by atoms with Crippen LogP contribution in [0.15, 0.2) is 6.07 Å². The predicted molar refractivity (Wildman–Crippen MR) is 74.1 cm³/mol. The van der Waals surface area contributed by atoms with Gasteiger partial charge in [0.15, 0.2) is 0 Å². The van der Waals surface area contributed by atoms with E-state index in [1.165, 1.54) is 0 Å². The van der Waals surface area contributed by atoms with Crippen molar-refractivity contribution in [3.05, 3.63) is 28.3 Å². The molecular weight excluding hydrogens is 228 g/mol. The van der Waals surface area contributed by atoms with Gasteiger partial charge in [0.05, 0.1) is 13.7 Å². The van der Waals surface area contributed by atoms with Gasteiger partial charge in [0.2, 0.25) is 0 Å². The van der Waals surface area contributed by atoms with Crippen LogP contribution in [0.4, 0.5) is 0 Å². The number of hydrogen-bond donors (Lipinski definition) is 3. The number of hydrogen-bond acceptors (Lipinski definition) is 4. The Balaban J connectivity index is 3.33. The SMILES string of the molecule is CNC(c1cc(C)c(OC)c(C)c1C)C(N)CO. The smallest absolute Gasteiger partial charge is 0.124 e. The maximum Gasteiger partial charge on any atom is 0.124 e. The van der Waals surface area contributed by atoms with Crippen molar-refractivity contribution in [1.29, 1.82) is 0 Å². The summed E-state index contributed by atoms with van der Waals surface area (Å²) in [6.07, 6.45) is 0. The largest absolute Gasteiger partial charge is 0.496 e. The van der Waals surface area contributed by atoms with Crippen LogP contribution >= 0.6 is 0 Å². The molecule has 1 aromatic carbocycles. The van der Waals surface area contributed by atoms with Gasteiger partial charge in [-0.25, -0.2) is 0 Å². The van der Waals surface area contributed by atoms with Crippen molar-refractivity contribution in [1.82, 2.24) is 5.32 Å². The molecule has 0 aliphatic rings. The van der Waals surface area contributed by atoms with Crippen LogP contribution in [0.1, 0.15) is 28.3 Å². The zero-order valence-corrected chi connectivity index (χ0v) is 11.9. The number of benzene rings is 1. The van der Waals surface area contributed by atoms with Crippen LogP contribution in [-0.4, -0.2) is 31.9 Å². The number of methoxy groups -OCH3 is 1. The van der Waals surface area contributed by atoms with Crippen molar-refractivity contribution in [3.63, 3.8) is 0 Å². The molecule has 0 aliphatic heterocycles. The fraction of sp³-hybridized carbons (Fsp3) is 0.571. The first-order valence-corrected chi connectivity index (χ1v) is 6.16. The predicted octanol–water partition coefficient (Wildman–Crippen LogP) is 1.20. The second-order valence-electron chi connectivity index (χ2n) is 4.68. The molecule has 0 aliphatic carbocycles. The Hall–Kier alpha value is -1.10. The van der Waals surface area contributed by atoms with Gasteiger partial charge in [-0.2, -0.15) is 0 Å². The van der Waals surface area contributed by atoms with Gasteiger partial charge in [0.25, 0.3) is 0 Å². The maximum atomic E-state index is 9.24. The summed E-state index contributed by atoms with van der Waals surface area (Å²) in [6, 6.07) is 1.71. The summed E-state index contributed by atoms with van der Waals surface area (Å²) in [5.41, 5.74) is 10.4. The van der Waals surface area contributed by atoms with Crippen LogP contribution in [0.3, 0.4) is 0 Å². The first-order chi connectivity index (χ1) is 8.47. The summed E-state index contributed by atoms with van der Waals surface area (Å²) in [5.74, 6) is 0.920. The summed E-state index contributed by atoms with van der Waals surface area (Å²) >= 11 is 0. The van der Waals surface area contributed by atoms with Crippen LogP contribution < -0.4 is 15.8 Å². The molecule has 0 bridgehead atoms. The van der Waals surface area contributed by atoms with Crippen molar-refractivity contribution in [2.75, 3.05) is 20.8 Å². The average molecular weight is 252 g/mol. The molecule has 0 heterocycles. The molecule has 0 saturated carbocycles. The highest BCUT2D eigenvalue weighted by Crippen LogP contribution is 2.32. The van der Waals surface area contributed by atoms with Gasteiger partial charge in [-0.05, 0) is 50.1 Å². The minimum Gasteiger partial charge on any atom is -0.496 e. The summed E-state index contributed by atoms with van der Waals surface area (Å²) in [6.45, 7) is 6.07. The molecule has 18 heavy (non-hydrogen) atoms. The fourth-order valence-corrected chi connectivity index (χ4v) is 2.43. The van der Waals surface area contributed by atoms with E-state index in [0.29, 0.717) is 0 Å². The van der Waals surface area contributed by atoms with Crippen LogP contribution in [0.25, 0.3) is 0 Å². The highest BCUT2D eigenvalue weighted by Gasteiger charge is 2.22. The molecule has 1 rings (SSSR count). The molecule has 0 aromatic heterocycles. The van der Waals surface area contributed by atoms with Gasteiger partial charge >= 0.3 is 0 Å². The summed E-state index contributed by atoms with van der Waals surface area (Å²) in [5, 5.41) is 12.4. The third kappa shape index (κ3) is 2.66. The molecule has 4 heteroatoms. The number of aliphatic hydroxyl groups excluding tert-OH is 1. The monoisotopic (exact) mass is 252 g/mol. The van der Waals surface area contributed by atoms with Gasteiger partial charge < -0.3 is 20.9 Å². The van der Waals surface area contributed by atoms with E-state index in [2.05, 4.69) is 18.3 Å². The highest BCUT2D eigenvalue weighted by atomic mass is 16.5. The van der Waals surface area contributed by atoms with Gasteiger partial charge in [0, 0.05) is 12.1 Å². The quantitative estimate of drug-likeness (QED) is 0.736. The first kappa shape index (κ1) is 15.0. The van der Waals surface area contributed by atoms with Crippen LogP contribution in [0.2, 0.25) is 0 Å². The molecule has 4 nitrogen and oxygen atoms in total. The first-order valence-electron chi connectivity index (χ1n) is 6.16. The Labute approximate surface area is 109 Å². The summed E-state index contributed by atoms with van der Waals surface area (Å²) in [4.78, 5) is 0. The zero-order chi connectivity index (χ0) is 13.9. The topological polar surface area (TPSA) is 67.5 Å². The molecule has 0 spiro atoms. The lowest BCUT2D eigenvalue weighted by molar-refractivity contribution is 0.240. The number of rotatable bonds is 5. The second kappa shape index (κ2) is 6.18. The molecule has 0 saturated heterocycles. The number of nitrogens with two attached hydrogens (primary N) is 1. The van der Waals surface area contributed by atoms with Gasteiger partial charge in [0.1, 0.15) is 5.75 Å². The number of ether oxygens (including phenoxy) is 1. The Morgan fingerprint density at radius 1 is 1.33 bits per heavy atom. The lowest BCUT2D eigenvalue weighted by Gasteiger charge is -2.26. The maximum absolute atomic E-state index is 9.24. The zero-order valence-electron chi connectivity index (χ0n) is 11.9. The van der Waals surface area contributed by atoms with E-state index in [1.54, 1.807) is 7.11 Å². The standard InChI is InChI=1S/C14H24N2O2/c1-8-6-11(13(16-4)12(15)7-17)9(2)10(3)14(8)18-5/h6,12-13,16-17H,7,15H2,1-5H3. The van der Waals surface area contributed by atoms with Crippen molar-refractivity contribution in [2.24, 2.45) is 5.73 Å². The second-order valence-corrected chi connectivity index (χ2v) is 4.68. The number of aliphatic hydroxyl groups is 1. The van der Waals surface area contributed by atoms with E-state index in [0.717, 1.165) is 28.0 Å². The molecule has 2 atom stereocenters. The van der Waals surface area contributed by atoms with E-state index in [9.17, 15) is 5.11 Å². The molecule has 0 fully saturated rings. The Morgan fingerprint density at radius 3 is 2.39 bits per heavy atom.